The van der Waals surface area contributed by atoms with Crippen LogP contribution in [0.15, 0.2) is 22.6 Å². The highest BCUT2D eigenvalue weighted by Gasteiger charge is 2.30. The number of hydrogen-bond donors (Lipinski definition) is 1. The van der Waals surface area contributed by atoms with Gasteiger partial charge in [0.25, 0.3) is 0 Å². The first kappa shape index (κ1) is 9.81. The molecule has 0 aliphatic carbocycles. The van der Waals surface area contributed by atoms with Gasteiger partial charge in [-0.2, -0.15) is 0 Å². The summed E-state index contributed by atoms with van der Waals surface area (Å²) < 4.78 is 11.0. The second kappa shape index (κ2) is 3.57. The van der Waals surface area contributed by atoms with Crippen LogP contribution in [0.2, 0.25) is 0 Å². The van der Waals surface area contributed by atoms with Crippen molar-refractivity contribution in [1.82, 2.24) is 4.98 Å². The van der Waals surface area contributed by atoms with Crippen molar-refractivity contribution in [3.05, 3.63) is 29.7 Å². The lowest BCUT2D eigenvalue weighted by Gasteiger charge is -2.07. The molecule has 1 aliphatic rings. The van der Waals surface area contributed by atoms with Gasteiger partial charge in [-0.05, 0) is 24.6 Å². The summed E-state index contributed by atoms with van der Waals surface area (Å²) in [5.41, 5.74) is 8.83. The smallest absolute Gasteiger partial charge is 0.202 e. The number of fused-ring (bicyclic) bond motifs is 1. The molecule has 0 radical (unpaired) electrons. The van der Waals surface area contributed by atoms with Crippen molar-refractivity contribution in [3.8, 4) is 0 Å². The van der Waals surface area contributed by atoms with Crippen LogP contribution in [0.1, 0.15) is 17.4 Å². The number of nitrogens with zero attached hydrogens (tertiary/aromatic N) is 1. The van der Waals surface area contributed by atoms with E-state index in [1.54, 1.807) is 0 Å². The Hall–Kier alpha value is -1.39. The first-order valence-corrected chi connectivity index (χ1v) is 5.44. The predicted octanol–water partition coefficient (Wildman–Crippen LogP) is 1.58. The Morgan fingerprint density at radius 3 is 3.00 bits per heavy atom. The van der Waals surface area contributed by atoms with Gasteiger partial charge in [0.05, 0.1) is 19.1 Å². The van der Waals surface area contributed by atoms with Gasteiger partial charge >= 0.3 is 0 Å². The minimum Gasteiger partial charge on any atom is -0.440 e. The highest BCUT2D eigenvalue weighted by molar-refractivity contribution is 5.73. The number of nitrogens with two attached hydrogens (primary N) is 1. The quantitative estimate of drug-likeness (QED) is 0.789. The molecule has 1 aromatic heterocycles. The molecule has 84 valence electrons. The van der Waals surface area contributed by atoms with Crippen LogP contribution in [-0.2, 0) is 4.74 Å². The lowest BCUT2D eigenvalue weighted by Crippen LogP contribution is -2.26. The maximum absolute atomic E-state index is 5.94. The predicted molar refractivity (Wildman–Crippen MR) is 60.3 cm³/mol. The second-order valence-electron chi connectivity index (χ2n) is 4.33. The molecular weight excluding hydrogens is 204 g/mol. The van der Waals surface area contributed by atoms with Gasteiger partial charge in [-0.3, -0.25) is 0 Å². The first-order chi connectivity index (χ1) is 7.74. The lowest BCUT2D eigenvalue weighted by molar-refractivity contribution is 0.188. The van der Waals surface area contributed by atoms with Gasteiger partial charge < -0.3 is 14.9 Å². The van der Waals surface area contributed by atoms with Crippen LogP contribution in [-0.4, -0.2) is 24.2 Å². The Kier molecular flexibility index (Phi) is 2.19. The zero-order chi connectivity index (χ0) is 11.1. The SMILES string of the molecule is Cc1ccc2oc(C3COCC3N)nc2c1. The van der Waals surface area contributed by atoms with E-state index in [1.165, 1.54) is 5.56 Å². The number of aryl methyl sites for hydroxylation is 1. The van der Waals surface area contributed by atoms with E-state index in [-0.39, 0.29) is 12.0 Å². The van der Waals surface area contributed by atoms with Gasteiger partial charge in [-0.1, -0.05) is 6.07 Å². The van der Waals surface area contributed by atoms with Crippen LogP contribution in [0.3, 0.4) is 0 Å². The molecule has 1 aliphatic heterocycles. The zero-order valence-electron chi connectivity index (χ0n) is 9.14. The van der Waals surface area contributed by atoms with E-state index in [4.69, 9.17) is 14.9 Å². The molecule has 1 fully saturated rings. The number of hydrogen-bond acceptors (Lipinski definition) is 4. The Bertz CT molecular complexity index is 521. The normalized spacial score (nSPS) is 25.4. The summed E-state index contributed by atoms with van der Waals surface area (Å²) in [5, 5.41) is 0. The molecule has 4 heteroatoms. The molecule has 0 bridgehead atoms. The molecule has 2 N–H and O–H groups in total. The van der Waals surface area contributed by atoms with Gasteiger partial charge in [0.15, 0.2) is 5.58 Å². The lowest BCUT2D eigenvalue weighted by atomic mass is 10.1. The summed E-state index contributed by atoms with van der Waals surface area (Å²) in [6.07, 6.45) is 0. The van der Waals surface area contributed by atoms with Gasteiger partial charge in [-0.15, -0.1) is 0 Å². The number of ether oxygens (including phenoxy) is 1. The Morgan fingerprint density at radius 2 is 2.25 bits per heavy atom. The van der Waals surface area contributed by atoms with E-state index >= 15 is 0 Å². The van der Waals surface area contributed by atoms with Gasteiger partial charge in [0.1, 0.15) is 5.52 Å². The average molecular weight is 218 g/mol. The van der Waals surface area contributed by atoms with E-state index in [0.29, 0.717) is 19.1 Å². The van der Waals surface area contributed by atoms with Crippen molar-refractivity contribution in [3.63, 3.8) is 0 Å². The van der Waals surface area contributed by atoms with E-state index in [1.807, 2.05) is 25.1 Å². The summed E-state index contributed by atoms with van der Waals surface area (Å²) in [6.45, 7) is 3.23. The molecule has 1 saturated heterocycles. The Balaban J connectivity index is 2.04. The number of oxazole rings is 1. The van der Waals surface area contributed by atoms with Crippen molar-refractivity contribution in [2.24, 2.45) is 5.73 Å². The fourth-order valence-electron chi connectivity index (χ4n) is 2.04. The number of aromatic nitrogens is 1. The highest BCUT2D eigenvalue weighted by Crippen LogP contribution is 2.27. The van der Waals surface area contributed by atoms with Crippen LogP contribution in [0, 0.1) is 6.92 Å². The minimum atomic E-state index is -0.00541. The Morgan fingerprint density at radius 1 is 1.38 bits per heavy atom. The average Bonchev–Trinajstić information content (AvgIpc) is 2.82. The van der Waals surface area contributed by atoms with Crippen molar-refractivity contribution in [1.29, 1.82) is 0 Å². The summed E-state index contributed by atoms with van der Waals surface area (Å²) in [7, 11) is 0. The first-order valence-electron chi connectivity index (χ1n) is 5.44. The highest BCUT2D eigenvalue weighted by atomic mass is 16.5. The molecule has 0 amide bonds. The van der Waals surface area contributed by atoms with Crippen LogP contribution in [0.4, 0.5) is 0 Å². The zero-order valence-corrected chi connectivity index (χ0v) is 9.14. The summed E-state index contributed by atoms with van der Waals surface area (Å²) >= 11 is 0. The summed E-state index contributed by atoms with van der Waals surface area (Å²) in [4.78, 5) is 4.48. The van der Waals surface area contributed by atoms with Crippen LogP contribution in [0.25, 0.3) is 11.1 Å². The molecule has 2 unspecified atom stereocenters. The number of benzene rings is 1. The molecule has 2 heterocycles. The van der Waals surface area contributed by atoms with Crippen molar-refractivity contribution < 1.29 is 9.15 Å². The minimum absolute atomic E-state index is 0.00541. The summed E-state index contributed by atoms with van der Waals surface area (Å²) in [6, 6.07) is 5.98. The maximum Gasteiger partial charge on any atom is 0.202 e. The third-order valence-corrected chi connectivity index (χ3v) is 3.00. The molecule has 4 nitrogen and oxygen atoms in total. The monoisotopic (exact) mass is 218 g/mol. The van der Waals surface area contributed by atoms with E-state index in [9.17, 15) is 0 Å². The molecule has 3 rings (SSSR count). The van der Waals surface area contributed by atoms with Crippen molar-refractivity contribution >= 4 is 11.1 Å². The fraction of sp³-hybridized carbons (Fsp3) is 0.417. The van der Waals surface area contributed by atoms with E-state index in [0.717, 1.165) is 11.1 Å². The Labute approximate surface area is 93.4 Å². The van der Waals surface area contributed by atoms with Crippen LogP contribution in [0.5, 0.6) is 0 Å². The number of rotatable bonds is 1. The molecule has 1 aromatic carbocycles. The fourth-order valence-corrected chi connectivity index (χ4v) is 2.04. The third-order valence-electron chi connectivity index (χ3n) is 3.00. The van der Waals surface area contributed by atoms with Crippen molar-refractivity contribution in [2.45, 2.75) is 18.9 Å². The van der Waals surface area contributed by atoms with Gasteiger partial charge in [0, 0.05) is 6.04 Å². The summed E-state index contributed by atoms with van der Waals surface area (Å²) in [5.74, 6) is 0.790. The molecule has 0 spiro atoms. The maximum atomic E-state index is 5.94. The van der Waals surface area contributed by atoms with E-state index < -0.39 is 0 Å². The molecule has 0 saturated carbocycles. The van der Waals surface area contributed by atoms with Gasteiger partial charge in [0.2, 0.25) is 5.89 Å². The molecular formula is C12H14N2O2. The topological polar surface area (TPSA) is 61.3 Å². The van der Waals surface area contributed by atoms with Gasteiger partial charge in [-0.25, -0.2) is 4.98 Å². The molecule has 2 aromatic rings. The van der Waals surface area contributed by atoms with Crippen molar-refractivity contribution in [2.75, 3.05) is 13.2 Å². The molecule has 2 atom stereocenters. The van der Waals surface area contributed by atoms with E-state index in [2.05, 4.69) is 4.98 Å². The molecule has 16 heavy (non-hydrogen) atoms. The third kappa shape index (κ3) is 1.50. The second-order valence-corrected chi connectivity index (χ2v) is 4.33. The standard InChI is InChI=1S/C12H14N2O2/c1-7-2-3-11-10(4-7)14-12(16-11)8-5-15-6-9(8)13/h2-4,8-9H,5-6,13H2,1H3. The van der Waals surface area contributed by atoms with Crippen LogP contribution < -0.4 is 5.73 Å². The largest absolute Gasteiger partial charge is 0.440 e. The van der Waals surface area contributed by atoms with Crippen LogP contribution >= 0.6 is 0 Å².